The Morgan fingerprint density at radius 3 is 2.74 bits per heavy atom. The summed E-state index contributed by atoms with van der Waals surface area (Å²) < 4.78 is 0. The van der Waals surface area contributed by atoms with Gasteiger partial charge in [0.05, 0.1) is 33.6 Å². The summed E-state index contributed by atoms with van der Waals surface area (Å²) in [6.07, 6.45) is 0. The summed E-state index contributed by atoms with van der Waals surface area (Å²) in [5, 5.41) is 18.5. The Kier molecular flexibility index (Phi) is 3.54. The van der Waals surface area contributed by atoms with Crippen LogP contribution in [0.4, 0.5) is 5.69 Å². The molecule has 2 rings (SSSR count). The molecule has 1 amide bonds. The van der Waals surface area contributed by atoms with Gasteiger partial charge in [-0.25, -0.2) is 0 Å². The summed E-state index contributed by atoms with van der Waals surface area (Å²) in [7, 11) is 0. The first-order valence-corrected chi connectivity index (χ1v) is 5.93. The lowest BCUT2D eigenvalue weighted by atomic mass is 10.1. The van der Waals surface area contributed by atoms with Gasteiger partial charge in [0, 0.05) is 5.69 Å². The average molecular weight is 275 g/mol. The van der Waals surface area contributed by atoms with Crippen LogP contribution in [-0.4, -0.2) is 16.1 Å². The van der Waals surface area contributed by atoms with Gasteiger partial charge in [0.25, 0.3) is 5.91 Å². The molecule has 1 aromatic heterocycles. The van der Waals surface area contributed by atoms with Crippen molar-refractivity contribution in [1.82, 2.24) is 10.2 Å². The lowest BCUT2D eigenvalue weighted by Crippen LogP contribution is -2.14. The van der Waals surface area contributed by atoms with Gasteiger partial charge in [-0.05, 0) is 32.0 Å². The molecule has 0 aliphatic carbocycles. The van der Waals surface area contributed by atoms with E-state index in [0.717, 1.165) is 0 Å². The van der Waals surface area contributed by atoms with E-state index in [9.17, 15) is 4.79 Å². The molecular weight excluding hydrogens is 264 g/mol. The molecular formula is C13H11ClN4O. The number of hydrogen-bond donors (Lipinski definition) is 2. The van der Waals surface area contributed by atoms with E-state index in [-0.39, 0.29) is 5.91 Å². The topological polar surface area (TPSA) is 81.6 Å². The van der Waals surface area contributed by atoms with Crippen LogP contribution in [0.5, 0.6) is 0 Å². The number of halogens is 1. The van der Waals surface area contributed by atoms with Gasteiger partial charge < -0.3 is 5.32 Å². The van der Waals surface area contributed by atoms with Gasteiger partial charge in [0.2, 0.25) is 0 Å². The fourth-order valence-corrected chi connectivity index (χ4v) is 1.98. The second-order valence-corrected chi connectivity index (χ2v) is 4.48. The Hall–Kier alpha value is -2.32. The molecule has 6 heteroatoms. The highest BCUT2D eigenvalue weighted by molar-refractivity contribution is 6.34. The lowest BCUT2D eigenvalue weighted by molar-refractivity contribution is 0.102. The van der Waals surface area contributed by atoms with Crippen molar-refractivity contribution < 1.29 is 4.79 Å². The first-order valence-electron chi connectivity index (χ1n) is 5.55. The number of amides is 1. The first kappa shape index (κ1) is 13.1. The van der Waals surface area contributed by atoms with E-state index < -0.39 is 0 Å². The van der Waals surface area contributed by atoms with Gasteiger partial charge >= 0.3 is 0 Å². The van der Waals surface area contributed by atoms with Gasteiger partial charge in [-0.3, -0.25) is 9.89 Å². The maximum atomic E-state index is 12.1. The van der Waals surface area contributed by atoms with E-state index >= 15 is 0 Å². The van der Waals surface area contributed by atoms with Crippen molar-refractivity contribution in [2.24, 2.45) is 0 Å². The van der Waals surface area contributed by atoms with Crippen molar-refractivity contribution in [1.29, 1.82) is 5.26 Å². The molecule has 2 N–H and O–H groups in total. The van der Waals surface area contributed by atoms with Crippen molar-refractivity contribution in [3.63, 3.8) is 0 Å². The van der Waals surface area contributed by atoms with E-state index in [4.69, 9.17) is 16.9 Å². The number of anilines is 1. The Morgan fingerprint density at radius 2 is 2.21 bits per heavy atom. The predicted octanol–water partition coefficient (Wildman–Crippen LogP) is 2.80. The molecule has 0 radical (unpaired) electrons. The SMILES string of the molecule is Cc1n[nH]c(C)c1C(=O)Nc1ccc(C#N)cc1Cl. The third-order valence-electron chi connectivity index (χ3n) is 2.70. The highest BCUT2D eigenvalue weighted by Gasteiger charge is 2.16. The minimum absolute atomic E-state index is 0.282. The van der Waals surface area contributed by atoms with Gasteiger partial charge in [0.15, 0.2) is 0 Å². The predicted molar refractivity (Wildman–Crippen MR) is 72.2 cm³/mol. The third-order valence-corrected chi connectivity index (χ3v) is 3.01. The van der Waals surface area contributed by atoms with E-state index in [2.05, 4.69) is 15.5 Å². The molecule has 0 spiro atoms. The number of H-pyrrole nitrogens is 1. The van der Waals surface area contributed by atoms with Crippen LogP contribution >= 0.6 is 11.6 Å². The second-order valence-electron chi connectivity index (χ2n) is 4.07. The number of benzene rings is 1. The number of hydrogen-bond acceptors (Lipinski definition) is 3. The normalized spacial score (nSPS) is 10.0. The maximum absolute atomic E-state index is 12.1. The Bertz CT molecular complexity index is 665. The maximum Gasteiger partial charge on any atom is 0.259 e. The van der Waals surface area contributed by atoms with Crippen molar-refractivity contribution in [2.45, 2.75) is 13.8 Å². The summed E-state index contributed by atoms with van der Waals surface area (Å²) in [6.45, 7) is 3.52. The molecule has 0 aliphatic heterocycles. The largest absolute Gasteiger partial charge is 0.321 e. The molecule has 0 saturated carbocycles. The molecule has 19 heavy (non-hydrogen) atoms. The van der Waals surface area contributed by atoms with E-state index in [1.165, 1.54) is 6.07 Å². The van der Waals surface area contributed by atoms with Crippen LogP contribution in [0, 0.1) is 25.2 Å². The fraction of sp³-hybridized carbons (Fsp3) is 0.154. The van der Waals surface area contributed by atoms with Crippen molar-refractivity contribution in [3.8, 4) is 6.07 Å². The highest BCUT2D eigenvalue weighted by atomic mass is 35.5. The number of carbonyl (C=O) groups excluding carboxylic acids is 1. The number of rotatable bonds is 2. The zero-order valence-electron chi connectivity index (χ0n) is 10.4. The second kappa shape index (κ2) is 5.12. The minimum atomic E-state index is -0.282. The molecule has 0 atom stereocenters. The van der Waals surface area contributed by atoms with Crippen LogP contribution in [0.25, 0.3) is 0 Å². The number of nitriles is 1. The van der Waals surface area contributed by atoms with Crippen molar-refractivity contribution >= 4 is 23.2 Å². The van der Waals surface area contributed by atoms with Crippen LogP contribution in [0.1, 0.15) is 27.3 Å². The van der Waals surface area contributed by atoms with E-state index in [1.54, 1.807) is 26.0 Å². The molecule has 0 unspecified atom stereocenters. The molecule has 5 nitrogen and oxygen atoms in total. The quantitative estimate of drug-likeness (QED) is 0.883. The standard InChI is InChI=1S/C13H11ClN4O/c1-7-12(8(2)18-17-7)13(19)16-11-4-3-9(6-15)5-10(11)14/h3-5H,1-2H3,(H,16,19)(H,17,18). The van der Waals surface area contributed by atoms with Gasteiger partial charge in [-0.15, -0.1) is 0 Å². The third kappa shape index (κ3) is 2.59. The number of nitrogens with one attached hydrogen (secondary N) is 2. The molecule has 96 valence electrons. The number of aromatic amines is 1. The smallest absolute Gasteiger partial charge is 0.259 e. The number of aryl methyl sites for hydroxylation is 2. The monoisotopic (exact) mass is 274 g/mol. The Balaban J connectivity index is 2.28. The van der Waals surface area contributed by atoms with Gasteiger partial charge in [-0.2, -0.15) is 10.4 Å². The van der Waals surface area contributed by atoms with E-state index in [0.29, 0.717) is 33.2 Å². The van der Waals surface area contributed by atoms with Crippen LogP contribution in [0.2, 0.25) is 5.02 Å². The summed E-state index contributed by atoms with van der Waals surface area (Å²) in [5.41, 5.74) is 2.73. The van der Waals surface area contributed by atoms with Crippen LogP contribution < -0.4 is 5.32 Å². The first-order chi connectivity index (χ1) is 9.02. The molecule has 0 fully saturated rings. The zero-order valence-corrected chi connectivity index (χ0v) is 11.2. The molecule has 0 aliphatic rings. The number of aromatic nitrogens is 2. The molecule has 1 aromatic carbocycles. The molecule has 0 bridgehead atoms. The van der Waals surface area contributed by atoms with Crippen LogP contribution in [0.3, 0.4) is 0 Å². The zero-order chi connectivity index (χ0) is 14.0. The molecule has 2 aromatic rings. The van der Waals surface area contributed by atoms with Gasteiger partial charge in [-0.1, -0.05) is 11.6 Å². The van der Waals surface area contributed by atoms with E-state index in [1.807, 2.05) is 6.07 Å². The summed E-state index contributed by atoms with van der Waals surface area (Å²) in [4.78, 5) is 12.1. The average Bonchev–Trinajstić information content (AvgIpc) is 2.71. The van der Waals surface area contributed by atoms with Crippen molar-refractivity contribution in [3.05, 3.63) is 45.7 Å². The number of carbonyl (C=O) groups is 1. The summed E-state index contributed by atoms with van der Waals surface area (Å²) in [5.74, 6) is -0.282. The highest BCUT2D eigenvalue weighted by Crippen LogP contribution is 2.24. The van der Waals surface area contributed by atoms with Gasteiger partial charge in [0.1, 0.15) is 0 Å². The molecule has 0 saturated heterocycles. The molecule has 1 heterocycles. The van der Waals surface area contributed by atoms with Crippen LogP contribution in [0.15, 0.2) is 18.2 Å². The Morgan fingerprint density at radius 1 is 1.47 bits per heavy atom. The Labute approximate surface area is 115 Å². The fourth-order valence-electron chi connectivity index (χ4n) is 1.76. The summed E-state index contributed by atoms with van der Waals surface area (Å²) >= 11 is 6.00. The lowest BCUT2D eigenvalue weighted by Gasteiger charge is -2.07. The minimum Gasteiger partial charge on any atom is -0.321 e. The number of nitrogens with zero attached hydrogens (tertiary/aromatic N) is 2. The summed E-state index contributed by atoms with van der Waals surface area (Å²) in [6, 6.07) is 6.68. The van der Waals surface area contributed by atoms with Crippen molar-refractivity contribution in [2.75, 3.05) is 5.32 Å². The van der Waals surface area contributed by atoms with Crippen LogP contribution in [-0.2, 0) is 0 Å².